The molecule has 0 spiro atoms. The summed E-state index contributed by atoms with van der Waals surface area (Å²) in [6, 6.07) is 0. The van der Waals surface area contributed by atoms with E-state index >= 15 is 0 Å². The van der Waals surface area contributed by atoms with Gasteiger partial charge in [-0.2, -0.15) is 0 Å². The van der Waals surface area contributed by atoms with E-state index in [4.69, 9.17) is 15.2 Å². The molecule has 0 aromatic carbocycles. The van der Waals surface area contributed by atoms with E-state index in [1.807, 2.05) is 0 Å². The number of thiophene rings is 1. The van der Waals surface area contributed by atoms with Gasteiger partial charge in [0.1, 0.15) is 10.6 Å². The van der Waals surface area contributed by atoms with Crippen molar-refractivity contribution in [3.63, 3.8) is 0 Å². The SMILES string of the molecule is CCOC(=O)CSc1nc(N)c2c3c(sc2n1)COC(C)(CC)C3. The van der Waals surface area contributed by atoms with Crippen LogP contribution in [0.15, 0.2) is 5.16 Å². The molecule has 1 unspecified atom stereocenters. The van der Waals surface area contributed by atoms with Gasteiger partial charge < -0.3 is 15.2 Å². The van der Waals surface area contributed by atoms with Gasteiger partial charge in [-0.15, -0.1) is 11.3 Å². The van der Waals surface area contributed by atoms with Crippen molar-refractivity contribution < 1.29 is 14.3 Å². The minimum Gasteiger partial charge on any atom is -0.465 e. The van der Waals surface area contributed by atoms with Crippen LogP contribution in [-0.2, 0) is 27.3 Å². The van der Waals surface area contributed by atoms with Gasteiger partial charge in [0.05, 0.1) is 30.0 Å². The van der Waals surface area contributed by atoms with Crippen LogP contribution in [0.5, 0.6) is 0 Å². The molecule has 6 nitrogen and oxygen atoms in total. The van der Waals surface area contributed by atoms with Crippen LogP contribution in [0.3, 0.4) is 0 Å². The molecule has 3 rings (SSSR count). The summed E-state index contributed by atoms with van der Waals surface area (Å²) in [5, 5.41) is 1.45. The second-order valence-electron chi connectivity index (χ2n) is 5.94. The highest BCUT2D eigenvalue weighted by atomic mass is 32.2. The van der Waals surface area contributed by atoms with E-state index < -0.39 is 0 Å². The number of rotatable bonds is 5. The number of nitrogen functional groups attached to an aromatic ring is 1. The number of ether oxygens (including phenoxy) is 2. The molecule has 2 aromatic rings. The molecule has 0 saturated heterocycles. The number of anilines is 1. The fourth-order valence-corrected chi connectivity index (χ4v) is 4.51. The maximum absolute atomic E-state index is 11.5. The number of carbonyl (C=O) groups is 1. The van der Waals surface area contributed by atoms with Gasteiger partial charge in [-0.3, -0.25) is 4.79 Å². The molecule has 0 bridgehead atoms. The van der Waals surface area contributed by atoms with Crippen molar-refractivity contribution in [1.29, 1.82) is 0 Å². The number of carbonyl (C=O) groups excluding carboxylic acids is 1. The molecule has 0 saturated carbocycles. The van der Waals surface area contributed by atoms with E-state index in [2.05, 4.69) is 23.8 Å². The van der Waals surface area contributed by atoms with E-state index in [0.717, 1.165) is 23.1 Å². The zero-order chi connectivity index (χ0) is 17.3. The first-order valence-corrected chi connectivity index (χ1v) is 9.76. The molecule has 0 amide bonds. The molecule has 0 radical (unpaired) electrons. The highest BCUT2D eigenvalue weighted by molar-refractivity contribution is 7.99. The van der Waals surface area contributed by atoms with Crippen molar-refractivity contribution in [1.82, 2.24) is 9.97 Å². The third kappa shape index (κ3) is 3.36. The number of nitrogens with zero attached hydrogens (tertiary/aromatic N) is 2. The lowest BCUT2D eigenvalue weighted by Crippen LogP contribution is -2.33. The second-order valence-corrected chi connectivity index (χ2v) is 7.96. The Morgan fingerprint density at radius 2 is 2.25 bits per heavy atom. The van der Waals surface area contributed by atoms with Crippen LogP contribution >= 0.6 is 23.1 Å². The van der Waals surface area contributed by atoms with Crippen LogP contribution in [-0.4, -0.2) is 33.9 Å². The number of hydrogen-bond acceptors (Lipinski definition) is 8. The van der Waals surface area contributed by atoms with Gasteiger partial charge in [0.25, 0.3) is 0 Å². The van der Waals surface area contributed by atoms with E-state index in [1.54, 1.807) is 18.3 Å². The predicted molar refractivity (Wildman–Crippen MR) is 96.4 cm³/mol. The zero-order valence-electron chi connectivity index (χ0n) is 14.0. The summed E-state index contributed by atoms with van der Waals surface area (Å²) in [5.41, 5.74) is 7.26. The highest BCUT2D eigenvalue weighted by Crippen LogP contribution is 2.41. The number of aromatic nitrogens is 2. The van der Waals surface area contributed by atoms with Gasteiger partial charge in [-0.25, -0.2) is 9.97 Å². The molecule has 24 heavy (non-hydrogen) atoms. The van der Waals surface area contributed by atoms with Crippen LogP contribution < -0.4 is 5.73 Å². The molecule has 130 valence electrons. The molecule has 8 heteroatoms. The summed E-state index contributed by atoms with van der Waals surface area (Å²) in [6.07, 6.45) is 1.76. The Hall–Kier alpha value is -1.38. The van der Waals surface area contributed by atoms with Gasteiger partial charge in [-0.1, -0.05) is 18.7 Å². The first-order chi connectivity index (χ1) is 11.5. The number of nitrogens with two attached hydrogens (primary N) is 1. The molecule has 1 aliphatic heterocycles. The van der Waals surface area contributed by atoms with Gasteiger partial charge in [0.15, 0.2) is 5.16 Å². The van der Waals surface area contributed by atoms with Crippen molar-refractivity contribution in [3.05, 3.63) is 10.4 Å². The summed E-state index contributed by atoms with van der Waals surface area (Å²) in [6.45, 7) is 7.00. The predicted octanol–water partition coefficient (Wildman–Crippen LogP) is 3.17. The normalized spacial score (nSPS) is 20.1. The standard InChI is InChI=1S/C16H21N3O3S2/c1-4-16(3)6-9-10(7-22-16)24-14-12(9)13(17)18-15(19-14)23-8-11(20)21-5-2/h4-8H2,1-3H3,(H2,17,18,19). The zero-order valence-corrected chi connectivity index (χ0v) is 15.7. The second kappa shape index (κ2) is 6.85. The van der Waals surface area contributed by atoms with Gasteiger partial charge >= 0.3 is 5.97 Å². The molecule has 2 aromatic heterocycles. The van der Waals surface area contributed by atoms with Crippen LogP contribution in [0.4, 0.5) is 5.82 Å². The lowest BCUT2D eigenvalue weighted by Gasteiger charge is -2.33. The van der Waals surface area contributed by atoms with Crippen LogP contribution in [0.2, 0.25) is 0 Å². The molecule has 1 aliphatic rings. The van der Waals surface area contributed by atoms with Crippen LogP contribution in [0.25, 0.3) is 10.2 Å². The Morgan fingerprint density at radius 3 is 2.96 bits per heavy atom. The number of fused-ring (bicyclic) bond motifs is 3. The summed E-state index contributed by atoms with van der Waals surface area (Å²) in [7, 11) is 0. The van der Waals surface area contributed by atoms with Crippen LogP contribution in [0, 0.1) is 0 Å². The topological polar surface area (TPSA) is 87.3 Å². The van der Waals surface area contributed by atoms with Gasteiger partial charge in [0.2, 0.25) is 0 Å². The third-order valence-corrected chi connectivity index (χ3v) is 6.14. The van der Waals surface area contributed by atoms with Crippen molar-refractivity contribution in [3.8, 4) is 0 Å². The largest absolute Gasteiger partial charge is 0.465 e. The van der Waals surface area contributed by atoms with Crippen molar-refractivity contribution in [2.45, 2.75) is 51.0 Å². The Kier molecular flexibility index (Phi) is 4.98. The molecule has 3 heterocycles. The van der Waals surface area contributed by atoms with Gasteiger partial charge in [0, 0.05) is 11.3 Å². The van der Waals surface area contributed by atoms with Crippen molar-refractivity contribution in [2.24, 2.45) is 0 Å². The average Bonchev–Trinajstić information content (AvgIpc) is 2.91. The minimum absolute atomic E-state index is 0.162. The Bertz CT molecular complexity index is 778. The monoisotopic (exact) mass is 367 g/mol. The fraction of sp³-hybridized carbons (Fsp3) is 0.562. The molecule has 0 aliphatic carbocycles. The fourth-order valence-electron chi connectivity index (χ4n) is 2.70. The first-order valence-electron chi connectivity index (χ1n) is 7.96. The third-order valence-electron chi connectivity index (χ3n) is 4.22. The maximum atomic E-state index is 11.5. The minimum atomic E-state index is -0.276. The number of esters is 1. The molecule has 1 atom stereocenters. The molecular formula is C16H21N3O3S2. The Labute approximate surface area is 149 Å². The number of thioether (sulfide) groups is 1. The lowest BCUT2D eigenvalue weighted by atomic mass is 9.90. The Balaban J connectivity index is 1.90. The molecule has 2 N–H and O–H groups in total. The van der Waals surface area contributed by atoms with Crippen LogP contribution in [0.1, 0.15) is 37.6 Å². The Morgan fingerprint density at radius 1 is 1.46 bits per heavy atom. The summed E-state index contributed by atoms with van der Waals surface area (Å²) in [4.78, 5) is 22.5. The van der Waals surface area contributed by atoms with E-state index in [0.29, 0.717) is 24.2 Å². The van der Waals surface area contributed by atoms with Crippen molar-refractivity contribution >= 4 is 45.1 Å². The quantitative estimate of drug-likeness (QED) is 0.493. The van der Waals surface area contributed by atoms with Gasteiger partial charge in [-0.05, 0) is 25.8 Å². The summed E-state index contributed by atoms with van der Waals surface area (Å²) in [5.74, 6) is 0.382. The molecule has 0 fully saturated rings. The van der Waals surface area contributed by atoms with E-state index in [9.17, 15) is 4.79 Å². The average molecular weight is 367 g/mol. The maximum Gasteiger partial charge on any atom is 0.316 e. The summed E-state index contributed by atoms with van der Waals surface area (Å²) >= 11 is 2.84. The first kappa shape index (κ1) is 17.4. The van der Waals surface area contributed by atoms with E-state index in [-0.39, 0.29) is 17.3 Å². The molecular weight excluding hydrogens is 346 g/mol. The van der Waals surface area contributed by atoms with Crippen molar-refractivity contribution in [2.75, 3.05) is 18.1 Å². The highest BCUT2D eigenvalue weighted by Gasteiger charge is 2.33. The smallest absolute Gasteiger partial charge is 0.316 e. The number of hydrogen-bond donors (Lipinski definition) is 1. The summed E-state index contributed by atoms with van der Waals surface area (Å²) < 4.78 is 10.9. The van der Waals surface area contributed by atoms with E-state index in [1.165, 1.54) is 22.2 Å². The lowest BCUT2D eigenvalue weighted by molar-refractivity contribution is -0.139.